The predicted octanol–water partition coefficient (Wildman–Crippen LogP) is 1.79. The van der Waals surface area contributed by atoms with Crippen LogP contribution in [0.5, 0.6) is 5.75 Å². The van der Waals surface area contributed by atoms with Crippen molar-refractivity contribution in [3.05, 3.63) is 28.8 Å². The van der Waals surface area contributed by atoms with Crippen LogP contribution < -0.4 is 10.2 Å². The van der Waals surface area contributed by atoms with E-state index in [2.05, 4.69) is 5.48 Å². The van der Waals surface area contributed by atoms with Gasteiger partial charge in [0.05, 0.1) is 7.11 Å². The Kier molecular flexibility index (Phi) is 3.28. The van der Waals surface area contributed by atoms with Crippen molar-refractivity contribution in [1.82, 2.24) is 5.48 Å². The molecule has 3 heteroatoms. The SMILES string of the molecule is COc1cc(C)c(C)cc1CNO. The zero-order valence-corrected chi connectivity index (χ0v) is 8.22. The molecule has 0 aromatic heterocycles. The molecule has 1 aromatic carbocycles. The first-order valence-electron chi connectivity index (χ1n) is 4.20. The van der Waals surface area contributed by atoms with E-state index in [1.807, 2.05) is 26.0 Å². The molecule has 0 unspecified atom stereocenters. The third-order valence-corrected chi connectivity index (χ3v) is 2.17. The fourth-order valence-corrected chi connectivity index (χ4v) is 1.26. The molecule has 0 heterocycles. The lowest BCUT2D eigenvalue weighted by Crippen LogP contribution is -2.08. The summed E-state index contributed by atoms with van der Waals surface area (Å²) in [6.07, 6.45) is 0. The van der Waals surface area contributed by atoms with E-state index >= 15 is 0 Å². The Labute approximate surface area is 78.3 Å². The maximum Gasteiger partial charge on any atom is 0.123 e. The summed E-state index contributed by atoms with van der Waals surface area (Å²) in [5.74, 6) is 0.810. The molecule has 3 nitrogen and oxygen atoms in total. The molecule has 0 aliphatic carbocycles. The molecule has 0 spiro atoms. The molecule has 72 valence electrons. The number of ether oxygens (including phenoxy) is 1. The maximum atomic E-state index is 8.59. The zero-order valence-electron chi connectivity index (χ0n) is 8.22. The van der Waals surface area contributed by atoms with Crippen LogP contribution >= 0.6 is 0 Å². The molecule has 13 heavy (non-hydrogen) atoms. The van der Waals surface area contributed by atoms with E-state index in [-0.39, 0.29) is 0 Å². The van der Waals surface area contributed by atoms with Gasteiger partial charge in [-0.1, -0.05) is 6.07 Å². The summed E-state index contributed by atoms with van der Waals surface area (Å²) in [4.78, 5) is 0. The van der Waals surface area contributed by atoms with Gasteiger partial charge in [-0.3, -0.25) is 0 Å². The molecule has 0 aliphatic heterocycles. The van der Waals surface area contributed by atoms with Crippen LogP contribution in [0.4, 0.5) is 0 Å². The van der Waals surface area contributed by atoms with Gasteiger partial charge in [-0.25, -0.2) is 5.48 Å². The lowest BCUT2D eigenvalue weighted by Gasteiger charge is -2.10. The highest BCUT2D eigenvalue weighted by atomic mass is 16.5. The second-order valence-electron chi connectivity index (χ2n) is 3.08. The topological polar surface area (TPSA) is 41.5 Å². The molecule has 0 atom stereocenters. The zero-order chi connectivity index (χ0) is 9.84. The van der Waals surface area contributed by atoms with E-state index < -0.39 is 0 Å². The first-order valence-corrected chi connectivity index (χ1v) is 4.20. The van der Waals surface area contributed by atoms with Crippen LogP contribution in [-0.2, 0) is 6.54 Å². The second-order valence-corrected chi connectivity index (χ2v) is 3.08. The molecular weight excluding hydrogens is 166 g/mol. The Balaban J connectivity index is 3.09. The number of aryl methyl sites for hydroxylation is 2. The van der Waals surface area contributed by atoms with Crippen molar-refractivity contribution in [1.29, 1.82) is 0 Å². The predicted molar refractivity (Wildman–Crippen MR) is 51.1 cm³/mol. The van der Waals surface area contributed by atoms with Gasteiger partial charge in [-0.05, 0) is 31.0 Å². The lowest BCUT2D eigenvalue weighted by molar-refractivity contribution is 0.160. The molecule has 0 saturated carbocycles. The Morgan fingerprint density at radius 3 is 2.46 bits per heavy atom. The lowest BCUT2D eigenvalue weighted by atomic mass is 10.1. The number of nitrogens with one attached hydrogen (secondary N) is 1. The fourth-order valence-electron chi connectivity index (χ4n) is 1.26. The highest BCUT2D eigenvalue weighted by Crippen LogP contribution is 2.22. The van der Waals surface area contributed by atoms with Crippen molar-refractivity contribution in [2.24, 2.45) is 0 Å². The summed E-state index contributed by atoms with van der Waals surface area (Å²) in [6, 6.07) is 3.99. The summed E-state index contributed by atoms with van der Waals surface area (Å²) < 4.78 is 5.18. The van der Waals surface area contributed by atoms with E-state index in [4.69, 9.17) is 9.94 Å². The number of hydroxylamine groups is 1. The quantitative estimate of drug-likeness (QED) is 0.698. The summed E-state index contributed by atoms with van der Waals surface area (Å²) in [7, 11) is 1.63. The highest BCUT2D eigenvalue weighted by Gasteiger charge is 2.04. The average Bonchev–Trinajstić information content (AvgIpc) is 2.11. The van der Waals surface area contributed by atoms with E-state index in [1.165, 1.54) is 11.1 Å². The Bertz CT molecular complexity index is 297. The highest BCUT2D eigenvalue weighted by molar-refractivity contribution is 5.41. The van der Waals surface area contributed by atoms with Crippen molar-refractivity contribution in [2.45, 2.75) is 20.4 Å². The first kappa shape index (κ1) is 10.0. The molecule has 0 radical (unpaired) electrons. The van der Waals surface area contributed by atoms with Crippen molar-refractivity contribution in [3.8, 4) is 5.75 Å². The third-order valence-electron chi connectivity index (χ3n) is 2.17. The molecule has 0 amide bonds. The minimum atomic E-state index is 0.407. The number of hydrogen-bond donors (Lipinski definition) is 2. The van der Waals surface area contributed by atoms with Crippen molar-refractivity contribution >= 4 is 0 Å². The molecule has 0 bridgehead atoms. The number of methoxy groups -OCH3 is 1. The van der Waals surface area contributed by atoms with Gasteiger partial charge in [0.2, 0.25) is 0 Å². The Morgan fingerprint density at radius 2 is 1.92 bits per heavy atom. The molecule has 0 aliphatic rings. The molecule has 0 fully saturated rings. The van der Waals surface area contributed by atoms with E-state index in [0.717, 1.165) is 11.3 Å². The standard InChI is InChI=1S/C10H15NO2/c1-7-4-9(6-11-12)10(13-3)5-8(7)2/h4-5,11-12H,6H2,1-3H3. The number of hydrogen-bond acceptors (Lipinski definition) is 3. The summed E-state index contributed by atoms with van der Waals surface area (Å²) in [6.45, 7) is 4.48. The van der Waals surface area contributed by atoms with Gasteiger partial charge in [0.25, 0.3) is 0 Å². The van der Waals surface area contributed by atoms with E-state index in [1.54, 1.807) is 7.11 Å². The van der Waals surface area contributed by atoms with Gasteiger partial charge in [0.1, 0.15) is 5.75 Å². The number of rotatable bonds is 3. The van der Waals surface area contributed by atoms with Crippen molar-refractivity contribution in [3.63, 3.8) is 0 Å². The smallest absolute Gasteiger partial charge is 0.123 e. The van der Waals surface area contributed by atoms with Crippen molar-refractivity contribution in [2.75, 3.05) is 7.11 Å². The van der Waals surface area contributed by atoms with Gasteiger partial charge in [-0.2, -0.15) is 0 Å². The summed E-state index contributed by atoms with van der Waals surface area (Å²) >= 11 is 0. The third kappa shape index (κ3) is 2.20. The molecular formula is C10H15NO2. The summed E-state index contributed by atoms with van der Waals surface area (Å²) in [5.41, 5.74) is 5.48. The van der Waals surface area contributed by atoms with Crippen LogP contribution in [0.2, 0.25) is 0 Å². The van der Waals surface area contributed by atoms with Crippen LogP contribution in [0.25, 0.3) is 0 Å². The molecule has 2 N–H and O–H groups in total. The van der Waals surface area contributed by atoms with Crippen LogP contribution in [0.15, 0.2) is 12.1 Å². The van der Waals surface area contributed by atoms with Gasteiger partial charge in [0.15, 0.2) is 0 Å². The normalized spacial score (nSPS) is 10.2. The van der Waals surface area contributed by atoms with Crippen LogP contribution in [-0.4, -0.2) is 12.3 Å². The minimum Gasteiger partial charge on any atom is -0.496 e. The number of benzene rings is 1. The van der Waals surface area contributed by atoms with Gasteiger partial charge in [0, 0.05) is 12.1 Å². The minimum absolute atomic E-state index is 0.407. The average molecular weight is 181 g/mol. The maximum absolute atomic E-state index is 8.59. The van der Waals surface area contributed by atoms with Crippen LogP contribution in [0.3, 0.4) is 0 Å². The Morgan fingerprint density at radius 1 is 1.31 bits per heavy atom. The summed E-state index contributed by atoms with van der Waals surface area (Å²) in [5, 5.41) is 8.59. The molecule has 0 saturated heterocycles. The van der Waals surface area contributed by atoms with E-state index in [9.17, 15) is 0 Å². The van der Waals surface area contributed by atoms with Gasteiger partial charge < -0.3 is 9.94 Å². The van der Waals surface area contributed by atoms with Gasteiger partial charge in [-0.15, -0.1) is 0 Å². The van der Waals surface area contributed by atoms with Crippen molar-refractivity contribution < 1.29 is 9.94 Å². The van der Waals surface area contributed by atoms with Gasteiger partial charge >= 0.3 is 0 Å². The fraction of sp³-hybridized carbons (Fsp3) is 0.400. The first-order chi connectivity index (χ1) is 6.19. The monoisotopic (exact) mass is 181 g/mol. The van der Waals surface area contributed by atoms with E-state index in [0.29, 0.717) is 6.54 Å². The largest absolute Gasteiger partial charge is 0.496 e. The Hall–Kier alpha value is -1.06. The second kappa shape index (κ2) is 4.25. The van der Waals surface area contributed by atoms with Crippen LogP contribution in [0, 0.1) is 13.8 Å². The molecule has 1 rings (SSSR count). The molecule has 1 aromatic rings. The van der Waals surface area contributed by atoms with Crippen LogP contribution in [0.1, 0.15) is 16.7 Å².